The lowest BCUT2D eigenvalue weighted by atomic mass is 10.1. The Kier molecular flexibility index (Phi) is 3.71. The van der Waals surface area contributed by atoms with Gasteiger partial charge in [-0.2, -0.15) is 0 Å². The molecule has 86 valence electrons. The summed E-state index contributed by atoms with van der Waals surface area (Å²) in [5.41, 5.74) is 0.297. The van der Waals surface area contributed by atoms with Gasteiger partial charge in [0.2, 0.25) is 5.91 Å². The van der Waals surface area contributed by atoms with Crippen molar-refractivity contribution >= 4 is 29.3 Å². The van der Waals surface area contributed by atoms with Gasteiger partial charge in [0.25, 0.3) is 0 Å². The number of carbonyl (C=O) groups is 1. The highest BCUT2D eigenvalue weighted by atomic mass is 35.5. The number of rotatable bonds is 2. The quantitative estimate of drug-likeness (QED) is 0.814. The first-order chi connectivity index (χ1) is 7.68. The molecule has 0 unspecified atom stereocenters. The predicted molar refractivity (Wildman–Crippen MR) is 64.2 cm³/mol. The molecule has 2 nitrogen and oxygen atoms in total. The zero-order valence-electron chi connectivity index (χ0n) is 8.58. The SMILES string of the molecule is O=C(Cc1c(F)cccc1Cl)N1CCSC1. The van der Waals surface area contributed by atoms with Crippen molar-refractivity contribution in [2.24, 2.45) is 0 Å². The molecule has 1 fully saturated rings. The molecule has 16 heavy (non-hydrogen) atoms. The lowest BCUT2D eigenvalue weighted by Crippen LogP contribution is -2.29. The number of carbonyl (C=O) groups excluding carboxylic acids is 1. The Labute approximate surface area is 103 Å². The van der Waals surface area contributed by atoms with Crippen molar-refractivity contribution in [1.82, 2.24) is 4.90 Å². The highest BCUT2D eigenvalue weighted by Gasteiger charge is 2.20. The Morgan fingerprint density at radius 3 is 3.00 bits per heavy atom. The van der Waals surface area contributed by atoms with E-state index in [-0.39, 0.29) is 12.3 Å². The molecule has 1 heterocycles. The number of benzene rings is 1. The molecule has 0 atom stereocenters. The molecular weight excluding hydrogens is 249 g/mol. The van der Waals surface area contributed by atoms with Crippen LogP contribution in [0.25, 0.3) is 0 Å². The first kappa shape index (κ1) is 11.7. The largest absolute Gasteiger partial charge is 0.332 e. The Morgan fingerprint density at radius 2 is 2.38 bits per heavy atom. The van der Waals surface area contributed by atoms with Gasteiger partial charge < -0.3 is 4.90 Å². The third-order valence-corrected chi connectivity index (χ3v) is 3.81. The summed E-state index contributed by atoms with van der Waals surface area (Å²) in [5, 5.41) is 0.320. The van der Waals surface area contributed by atoms with Gasteiger partial charge in [-0.05, 0) is 12.1 Å². The van der Waals surface area contributed by atoms with E-state index < -0.39 is 5.82 Å². The van der Waals surface area contributed by atoms with Crippen LogP contribution in [-0.2, 0) is 11.2 Å². The van der Waals surface area contributed by atoms with Crippen LogP contribution < -0.4 is 0 Å². The summed E-state index contributed by atoms with van der Waals surface area (Å²) >= 11 is 7.57. The first-order valence-electron chi connectivity index (χ1n) is 4.97. The summed E-state index contributed by atoms with van der Waals surface area (Å²) in [4.78, 5) is 13.5. The highest BCUT2D eigenvalue weighted by molar-refractivity contribution is 7.99. The third kappa shape index (κ3) is 2.50. The minimum atomic E-state index is -0.410. The summed E-state index contributed by atoms with van der Waals surface area (Å²) in [5.74, 6) is 1.19. The molecule has 2 rings (SSSR count). The Hall–Kier alpha value is -0.740. The van der Waals surface area contributed by atoms with E-state index in [0.717, 1.165) is 12.3 Å². The summed E-state index contributed by atoms with van der Waals surface area (Å²) in [7, 11) is 0. The molecule has 0 aromatic heterocycles. The highest BCUT2D eigenvalue weighted by Crippen LogP contribution is 2.21. The molecule has 5 heteroatoms. The Balaban J connectivity index is 2.11. The molecule has 0 N–H and O–H groups in total. The zero-order valence-corrected chi connectivity index (χ0v) is 10.2. The van der Waals surface area contributed by atoms with Gasteiger partial charge in [-0.25, -0.2) is 4.39 Å². The van der Waals surface area contributed by atoms with E-state index in [4.69, 9.17) is 11.6 Å². The van der Waals surface area contributed by atoms with Gasteiger partial charge in [0, 0.05) is 22.9 Å². The standard InChI is InChI=1S/C11H11ClFNOS/c12-9-2-1-3-10(13)8(9)6-11(15)14-4-5-16-7-14/h1-3H,4-7H2. The molecule has 1 saturated heterocycles. The monoisotopic (exact) mass is 259 g/mol. The van der Waals surface area contributed by atoms with Crippen LogP contribution >= 0.6 is 23.4 Å². The van der Waals surface area contributed by atoms with Crippen molar-refractivity contribution in [2.75, 3.05) is 18.2 Å². The number of hydrogen-bond donors (Lipinski definition) is 0. The molecule has 1 aromatic carbocycles. The Morgan fingerprint density at radius 1 is 1.56 bits per heavy atom. The second-order valence-electron chi connectivity index (χ2n) is 3.57. The van der Waals surface area contributed by atoms with E-state index in [1.165, 1.54) is 12.1 Å². The van der Waals surface area contributed by atoms with Crippen LogP contribution in [-0.4, -0.2) is 29.0 Å². The second-order valence-corrected chi connectivity index (χ2v) is 5.05. The Bertz CT molecular complexity index is 387. The number of thioether (sulfide) groups is 1. The van der Waals surface area contributed by atoms with Crippen LogP contribution in [0.1, 0.15) is 5.56 Å². The van der Waals surface area contributed by atoms with Crippen molar-refractivity contribution in [3.8, 4) is 0 Å². The van der Waals surface area contributed by atoms with Gasteiger partial charge in [0.05, 0.1) is 12.3 Å². The maximum Gasteiger partial charge on any atom is 0.227 e. The van der Waals surface area contributed by atoms with Crippen LogP contribution in [0.5, 0.6) is 0 Å². The lowest BCUT2D eigenvalue weighted by molar-refractivity contribution is -0.129. The van der Waals surface area contributed by atoms with Crippen LogP contribution in [0.15, 0.2) is 18.2 Å². The van der Waals surface area contributed by atoms with Crippen LogP contribution in [0, 0.1) is 5.82 Å². The zero-order chi connectivity index (χ0) is 11.5. The van der Waals surface area contributed by atoms with E-state index in [1.54, 1.807) is 22.7 Å². The van der Waals surface area contributed by atoms with E-state index in [1.807, 2.05) is 0 Å². The van der Waals surface area contributed by atoms with Crippen molar-refractivity contribution in [3.05, 3.63) is 34.6 Å². The fraction of sp³-hybridized carbons (Fsp3) is 0.364. The van der Waals surface area contributed by atoms with Gasteiger partial charge in [0.1, 0.15) is 5.82 Å². The first-order valence-corrected chi connectivity index (χ1v) is 6.50. The van der Waals surface area contributed by atoms with E-state index in [9.17, 15) is 9.18 Å². The smallest absolute Gasteiger partial charge is 0.227 e. The average molecular weight is 260 g/mol. The van der Waals surface area contributed by atoms with Crippen LogP contribution in [0.2, 0.25) is 5.02 Å². The molecule has 0 aliphatic carbocycles. The van der Waals surface area contributed by atoms with Gasteiger partial charge >= 0.3 is 0 Å². The van der Waals surface area contributed by atoms with E-state index in [0.29, 0.717) is 16.5 Å². The molecule has 1 aromatic rings. The normalized spacial score (nSPS) is 15.5. The molecule has 1 aliphatic rings. The number of halogens is 2. The van der Waals surface area contributed by atoms with Gasteiger partial charge in [-0.15, -0.1) is 11.8 Å². The molecule has 1 amide bonds. The summed E-state index contributed by atoms with van der Waals surface area (Å²) in [6.07, 6.45) is 0.0477. The van der Waals surface area contributed by atoms with Crippen molar-refractivity contribution in [1.29, 1.82) is 0 Å². The fourth-order valence-electron chi connectivity index (χ4n) is 1.57. The summed E-state index contributed by atoms with van der Waals surface area (Å²) < 4.78 is 13.4. The maximum atomic E-state index is 13.4. The van der Waals surface area contributed by atoms with Crippen LogP contribution in [0.4, 0.5) is 4.39 Å². The summed E-state index contributed by atoms with van der Waals surface area (Å²) in [6, 6.07) is 4.47. The minimum Gasteiger partial charge on any atom is -0.332 e. The van der Waals surface area contributed by atoms with E-state index >= 15 is 0 Å². The molecule has 0 radical (unpaired) electrons. The molecular formula is C11H11ClFNOS. The predicted octanol–water partition coefficient (Wildman–Crippen LogP) is 2.55. The van der Waals surface area contributed by atoms with Crippen molar-refractivity contribution in [3.63, 3.8) is 0 Å². The van der Waals surface area contributed by atoms with E-state index in [2.05, 4.69) is 0 Å². The molecule has 1 aliphatic heterocycles. The van der Waals surface area contributed by atoms with Crippen molar-refractivity contribution in [2.45, 2.75) is 6.42 Å². The number of hydrogen-bond acceptors (Lipinski definition) is 2. The fourth-order valence-corrected chi connectivity index (χ4v) is 2.78. The third-order valence-electron chi connectivity index (χ3n) is 2.50. The minimum absolute atomic E-state index is 0.0477. The molecule has 0 saturated carbocycles. The maximum absolute atomic E-state index is 13.4. The van der Waals surface area contributed by atoms with Gasteiger partial charge in [-0.1, -0.05) is 17.7 Å². The molecule has 0 bridgehead atoms. The van der Waals surface area contributed by atoms with Crippen molar-refractivity contribution < 1.29 is 9.18 Å². The summed E-state index contributed by atoms with van der Waals surface area (Å²) in [6.45, 7) is 0.746. The number of nitrogens with zero attached hydrogens (tertiary/aromatic N) is 1. The topological polar surface area (TPSA) is 20.3 Å². The van der Waals surface area contributed by atoms with Gasteiger partial charge in [-0.3, -0.25) is 4.79 Å². The number of amides is 1. The lowest BCUT2D eigenvalue weighted by Gasteiger charge is -2.15. The second kappa shape index (κ2) is 5.06. The molecule has 0 spiro atoms. The van der Waals surface area contributed by atoms with Gasteiger partial charge in [0.15, 0.2) is 0 Å². The van der Waals surface area contributed by atoms with Crippen LogP contribution in [0.3, 0.4) is 0 Å². The average Bonchev–Trinajstić information content (AvgIpc) is 2.76.